The second kappa shape index (κ2) is 6.24. The molecule has 0 fully saturated rings. The van der Waals surface area contributed by atoms with E-state index in [4.69, 9.17) is 17.3 Å². The monoisotopic (exact) mass is 387 g/mol. The van der Waals surface area contributed by atoms with Crippen molar-refractivity contribution < 1.29 is 15.0 Å². The SMILES string of the molecule is Cn1cc(N)cc1C(=O)N1CCc2[nH]nc(-c3cc(Cl)c(O)cc3O)c2C1. The number of phenols is 2. The summed E-state index contributed by atoms with van der Waals surface area (Å²) in [5.74, 6) is -0.467. The van der Waals surface area contributed by atoms with Crippen molar-refractivity contribution in [2.24, 2.45) is 7.05 Å². The number of rotatable bonds is 2. The van der Waals surface area contributed by atoms with Crippen LogP contribution in [0.4, 0.5) is 5.69 Å². The van der Waals surface area contributed by atoms with Gasteiger partial charge in [-0.3, -0.25) is 9.89 Å². The Hall–Kier alpha value is -3.13. The number of fused-ring (bicyclic) bond motifs is 1. The third-order valence-corrected chi connectivity index (χ3v) is 5.09. The van der Waals surface area contributed by atoms with Crippen molar-refractivity contribution in [1.82, 2.24) is 19.7 Å². The van der Waals surface area contributed by atoms with Crippen molar-refractivity contribution in [1.29, 1.82) is 0 Å². The Morgan fingerprint density at radius 2 is 2.07 bits per heavy atom. The molecule has 0 saturated carbocycles. The molecule has 1 aromatic carbocycles. The number of aromatic amines is 1. The molecule has 1 aliphatic heterocycles. The summed E-state index contributed by atoms with van der Waals surface area (Å²) in [6.07, 6.45) is 2.31. The number of nitrogen functional groups attached to an aromatic ring is 1. The van der Waals surface area contributed by atoms with E-state index in [0.29, 0.717) is 42.1 Å². The third-order valence-electron chi connectivity index (χ3n) is 4.79. The molecule has 1 aliphatic rings. The summed E-state index contributed by atoms with van der Waals surface area (Å²) in [5, 5.41) is 27.2. The number of hydrogen-bond acceptors (Lipinski definition) is 5. The number of anilines is 1. The number of aromatic hydroxyl groups is 2. The highest BCUT2D eigenvalue weighted by atomic mass is 35.5. The van der Waals surface area contributed by atoms with Gasteiger partial charge >= 0.3 is 0 Å². The Bertz CT molecular complexity index is 1060. The molecular formula is C18H18ClN5O3. The van der Waals surface area contributed by atoms with Gasteiger partial charge < -0.3 is 25.4 Å². The van der Waals surface area contributed by atoms with Crippen molar-refractivity contribution in [2.75, 3.05) is 12.3 Å². The molecule has 0 radical (unpaired) electrons. The summed E-state index contributed by atoms with van der Waals surface area (Å²) >= 11 is 5.99. The molecule has 0 bridgehead atoms. The first kappa shape index (κ1) is 17.3. The Labute approximate surface area is 159 Å². The molecule has 8 nitrogen and oxygen atoms in total. The first-order valence-corrected chi connectivity index (χ1v) is 8.72. The van der Waals surface area contributed by atoms with Gasteiger partial charge in [-0.15, -0.1) is 0 Å². The minimum absolute atomic E-state index is 0.113. The number of nitrogens with zero attached hydrogens (tertiary/aromatic N) is 3. The molecule has 27 heavy (non-hydrogen) atoms. The number of benzene rings is 1. The summed E-state index contributed by atoms with van der Waals surface area (Å²) in [7, 11) is 1.78. The van der Waals surface area contributed by atoms with Gasteiger partial charge in [-0.25, -0.2) is 0 Å². The summed E-state index contributed by atoms with van der Waals surface area (Å²) in [6, 6.07) is 4.29. The Kier molecular flexibility index (Phi) is 4.00. The van der Waals surface area contributed by atoms with Gasteiger partial charge in [0.15, 0.2) is 0 Å². The lowest BCUT2D eigenvalue weighted by Crippen LogP contribution is -2.36. The van der Waals surface area contributed by atoms with Crippen LogP contribution in [0.1, 0.15) is 21.7 Å². The topological polar surface area (TPSA) is 120 Å². The predicted octanol–water partition coefficient (Wildman–Crippen LogP) is 2.26. The van der Waals surface area contributed by atoms with Crippen molar-refractivity contribution in [2.45, 2.75) is 13.0 Å². The van der Waals surface area contributed by atoms with Crippen LogP contribution in [0.2, 0.25) is 5.02 Å². The Balaban J connectivity index is 1.69. The molecular weight excluding hydrogens is 370 g/mol. The molecule has 0 aliphatic carbocycles. The number of amides is 1. The van der Waals surface area contributed by atoms with Crippen LogP contribution in [-0.4, -0.2) is 42.3 Å². The van der Waals surface area contributed by atoms with Gasteiger partial charge in [-0.1, -0.05) is 11.6 Å². The number of hydrogen-bond donors (Lipinski definition) is 4. The van der Waals surface area contributed by atoms with Crippen LogP contribution in [0.25, 0.3) is 11.3 Å². The fourth-order valence-corrected chi connectivity index (χ4v) is 3.56. The molecule has 4 rings (SSSR count). The lowest BCUT2D eigenvalue weighted by molar-refractivity contribution is 0.0725. The molecule has 1 amide bonds. The van der Waals surface area contributed by atoms with E-state index >= 15 is 0 Å². The molecule has 3 aromatic rings. The van der Waals surface area contributed by atoms with Crippen LogP contribution < -0.4 is 5.73 Å². The molecule has 3 heterocycles. The fraction of sp³-hybridized carbons (Fsp3) is 0.222. The van der Waals surface area contributed by atoms with Gasteiger partial charge in [0, 0.05) is 49.1 Å². The summed E-state index contributed by atoms with van der Waals surface area (Å²) < 4.78 is 1.70. The molecule has 0 atom stereocenters. The maximum Gasteiger partial charge on any atom is 0.270 e. The largest absolute Gasteiger partial charge is 0.507 e. The smallest absolute Gasteiger partial charge is 0.270 e. The molecule has 0 saturated heterocycles. The Morgan fingerprint density at radius 1 is 1.30 bits per heavy atom. The standard InChI is InChI=1S/C18H18ClN5O3/c1-23-7-9(20)4-14(23)18(27)24-3-2-13-11(8-24)17(22-21-13)10-5-12(19)16(26)6-15(10)25/h4-7,25-26H,2-3,8,20H2,1H3,(H,21,22). The quantitative estimate of drug-likeness (QED) is 0.537. The number of phenolic OH excluding ortho intramolecular Hbond substituents is 2. The van der Waals surface area contributed by atoms with Crippen LogP contribution in [0.15, 0.2) is 24.4 Å². The maximum atomic E-state index is 12.9. The van der Waals surface area contributed by atoms with E-state index in [0.717, 1.165) is 11.3 Å². The average molecular weight is 388 g/mol. The zero-order chi connectivity index (χ0) is 19.3. The summed E-state index contributed by atoms with van der Waals surface area (Å²) in [6.45, 7) is 0.879. The van der Waals surface area contributed by atoms with Crippen LogP contribution in [-0.2, 0) is 20.0 Å². The number of aryl methyl sites for hydroxylation is 1. The lowest BCUT2D eigenvalue weighted by atomic mass is 10.00. The molecule has 9 heteroatoms. The first-order chi connectivity index (χ1) is 12.8. The third kappa shape index (κ3) is 2.87. The van der Waals surface area contributed by atoms with Crippen molar-refractivity contribution in [3.63, 3.8) is 0 Å². The minimum Gasteiger partial charge on any atom is -0.507 e. The normalized spacial score (nSPS) is 13.6. The average Bonchev–Trinajstić information content (AvgIpc) is 3.19. The van der Waals surface area contributed by atoms with E-state index in [1.165, 1.54) is 12.1 Å². The van der Waals surface area contributed by atoms with E-state index in [9.17, 15) is 15.0 Å². The zero-order valence-corrected chi connectivity index (χ0v) is 15.3. The molecule has 2 aromatic heterocycles. The number of nitrogens with two attached hydrogens (primary N) is 1. The number of carbonyl (C=O) groups is 1. The van der Waals surface area contributed by atoms with Gasteiger partial charge in [-0.2, -0.15) is 5.10 Å². The van der Waals surface area contributed by atoms with E-state index in [-0.39, 0.29) is 22.4 Å². The van der Waals surface area contributed by atoms with Crippen molar-refractivity contribution in [3.8, 4) is 22.8 Å². The van der Waals surface area contributed by atoms with Crippen LogP contribution in [0, 0.1) is 0 Å². The number of aromatic nitrogens is 3. The van der Waals surface area contributed by atoms with E-state index in [1.54, 1.807) is 28.8 Å². The number of carbonyl (C=O) groups excluding carboxylic acids is 1. The van der Waals surface area contributed by atoms with Crippen molar-refractivity contribution >= 4 is 23.2 Å². The minimum atomic E-state index is -0.208. The van der Waals surface area contributed by atoms with Crippen LogP contribution in [0.5, 0.6) is 11.5 Å². The summed E-state index contributed by atoms with van der Waals surface area (Å²) in [5.41, 5.74) is 9.45. The second-order valence-electron chi connectivity index (χ2n) is 6.60. The zero-order valence-electron chi connectivity index (χ0n) is 14.5. The van der Waals surface area contributed by atoms with E-state index in [1.807, 2.05) is 0 Å². The van der Waals surface area contributed by atoms with E-state index in [2.05, 4.69) is 10.2 Å². The van der Waals surface area contributed by atoms with Crippen LogP contribution >= 0.6 is 11.6 Å². The van der Waals surface area contributed by atoms with Gasteiger partial charge in [0.05, 0.1) is 17.3 Å². The molecule has 140 valence electrons. The predicted molar refractivity (Wildman–Crippen MR) is 101 cm³/mol. The Morgan fingerprint density at radius 3 is 2.78 bits per heavy atom. The summed E-state index contributed by atoms with van der Waals surface area (Å²) in [4.78, 5) is 14.6. The van der Waals surface area contributed by atoms with Crippen LogP contribution in [0.3, 0.4) is 0 Å². The highest BCUT2D eigenvalue weighted by molar-refractivity contribution is 6.32. The van der Waals surface area contributed by atoms with Gasteiger partial charge in [0.2, 0.25) is 0 Å². The highest BCUT2D eigenvalue weighted by Gasteiger charge is 2.28. The molecule has 0 unspecified atom stereocenters. The number of H-pyrrole nitrogens is 1. The van der Waals surface area contributed by atoms with E-state index < -0.39 is 0 Å². The van der Waals surface area contributed by atoms with Gasteiger partial charge in [0.1, 0.15) is 22.9 Å². The highest BCUT2D eigenvalue weighted by Crippen LogP contribution is 2.39. The maximum absolute atomic E-state index is 12.9. The molecule has 5 N–H and O–H groups in total. The van der Waals surface area contributed by atoms with Gasteiger partial charge in [-0.05, 0) is 12.1 Å². The first-order valence-electron chi connectivity index (χ1n) is 8.34. The van der Waals surface area contributed by atoms with Crippen molar-refractivity contribution in [3.05, 3.63) is 46.4 Å². The number of halogens is 1. The number of nitrogens with one attached hydrogen (secondary N) is 1. The second-order valence-corrected chi connectivity index (χ2v) is 7.00. The molecule has 0 spiro atoms. The lowest BCUT2D eigenvalue weighted by Gasteiger charge is -2.27. The van der Waals surface area contributed by atoms with Gasteiger partial charge in [0.25, 0.3) is 5.91 Å². The fourth-order valence-electron chi connectivity index (χ4n) is 3.40.